The molecular formula is C13H25N3O2. The SMILES string of the molecule is CCN(Cc1noc(C(C)(C)C)n1)CC(C)(C)O. The summed E-state index contributed by atoms with van der Waals surface area (Å²) in [5, 5.41) is 13.8. The van der Waals surface area contributed by atoms with Crippen LogP contribution in [0.2, 0.25) is 0 Å². The van der Waals surface area contributed by atoms with E-state index in [2.05, 4.69) is 22.0 Å². The summed E-state index contributed by atoms with van der Waals surface area (Å²) in [7, 11) is 0. The lowest BCUT2D eigenvalue weighted by Crippen LogP contribution is -2.38. The first-order chi connectivity index (χ1) is 8.12. The molecule has 1 aromatic heterocycles. The molecule has 0 saturated carbocycles. The van der Waals surface area contributed by atoms with Gasteiger partial charge >= 0.3 is 0 Å². The van der Waals surface area contributed by atoms with Gasteiger partial charge in [0.15, 0.2) is 5.82 Å². The van der Waals surface area contributed by atoms with E-state index in [-0.39, 0.29) is 5.41 Å². The van der Waals surface area contributed by atoms with Crippen molar-refractivity contribution in [1.29, 1.82) is 0 Å². The normalized spacial score (nSPS) is 13.3. The fourth-order valence-corrected chi connectivity index (χ4v) is 1.65. The van der Waals surface area contributed by atoms with Crippen LogP contribution in [0.15, 0.2) is 4.52 Å². The summed E-state index contributed by atoms with van der Waals surface area (Å²) in [6.45, 7) is 13.8. The molecular weight excluding hydrogens is 230 g/mol. The van der Waals surface area contributed by atoms with Crippen molar-refractivity contribution in [3.8, 4) is 0 Å². The van der Waals surface area contributed by atoms with Gasteiger partial charge in [-0.15, -0.1) is 0 Å². The van der Waals surface area contributed by atoms with Gasteiger partial charge in [0, 0.05) is 12.0 Å². The van der Waals surface area contributed by atoms with E-state index < -0.39 is 5.60 Å². The summed E-state index contributed by atoms with van der Waals surface area (Å²) in [6.07, 6.45) is 0. The molecule has 104 valence electrons. The van der Waals surface area contributed by atoms with Gasteiger partial charge in [0.25, 0.3) is 0 Å². The standard InChI is InChI=1S/C13H25N3O2/c1-7-16(9-13(5,6)17)8-10-14-11(18-15-10)12(2,3)4/h17H,7-9H2,1-6H3. The Balaban J connectivity index is 2.68. The summed E-state index contributed by atoms with van der Waals surface area (Å²) in [5.74, 6) is 1.32. The number of hydrogen-bond acceptors (Lipinski definition) is 5. The number of rotatable bonds is 5. The molecule has 5 nitrogen and oxygen atoms in total. The molecule has 18 heavy (non-hydrogen) atoms. The van der Waals surface area contributed by atoms with Crippen molar-refractivity contribution in [2.24, 2.45) is 0 Å². The van der Waals surface area contributed by atoms with Crippen molar-refractivity contribution < 1.29 is 9.63 Å². The first-order valence-corrected chi connectivity index (χ1v) is 6.39. The molecule has 0 radical (unpaired) electrons. The van der Waals surface area contributed by atoms with E-state index in [1.165, 1.54) is 0 Å². The highest BCUT2D eigenvalue weighted by Gasteiger charge is 2.23. The number of nitrogens with zero attached hydrogens (tertiary/aromatic N) is 3. The van der Waals surface area contributed by atoms with Gasteiger partial charge in [-0.1, -0.05) is 32.9 Å². The minimum Gasteiger partial charge on any atom is -0.389 e. The lowest BCUT2D eigenvalue weighted by atomic mass is 9.97. The minimum atomic E-state index is -0.716. The molecule has 1 rings (SSSR count). The molecule has 0 atom stereocenters. The fourth-order valence-electron chi connectivity index (χ4n) is 1.65. The third kappa shape index (κ3) is 4.74. The molecule has 1 aromatic rings. The summed E-state index contributed by atoms with van der Waals surface area (Å²) in [4.78, 5) is 6.49. The maximum Gasteiger partial charge on any atom is 0.232 e. The number of aliphatic hydroxyl groups is 1. The van der Waals surface area contributed by atoms with Gasteiger partial charge in [-0.05, 0) is 20.4 Å². The Morgan fingerprint density at radius 2 is 1.83 bits per heavy atom. The van der Waals surface area contributed by atoms with Gasteiger partial charge in [0.1, 0.15) is 0 Å². The fraction of sp³-hybridized carbons (Fsp3) is 0.846. The number of likely N-dealkylation sites (N-methyl/N-ethyl adjacent to an activating group) is 1. The zero-order valence-electron chi connectivity index (χ0n) is 12.3. The van der Waals surface area contributed by atoms with Crippen molar-refractivity contribution in [1.82, 2.24) is 15.0 Å². The van der Waals surface area contributed by atoms with E-state index in [0.29, 0.717) is 24.8 Å². The van der Waals surface area contributed by atoms with Crippen LogP contribution in [0, 0.1) is 0 Å². The Kier molecular flexibility index (Phi) is 4.50. The van der Waals surface area contributed by atoms with Crippen LogP contribution in [0.1, 0.15) is 53.3 Å². The topological polar surface area (TPSA) is 62.4 Å². The maximum atomic E-state index is 9.83. The van der Waals surface area contributed by atoms with Gasteiger partial charge in [-0.2, -0.15) is 4.98 Å². The van der Waals surface area contributed by atoms with Crippen LogP contribution < -0.4 is 0 Å². The zero-order valence-corrected chi connectivity index (χ0v) is 12.3. The molecule has 0 aliphatic heterocycles. The van der Waals surface area contributed by atoms with E-state index in [4.69, 9.17) is 4.52 Å². The molecule has 1 heterocycles. The molecule has 0 bridgehead atoms. The Bertz CT molecular complexity index is 374. The van der Waals surface area contributed by atoms with Crippen LogP contribution in [0.5, 0.6) is 0 Å². The first kappa shape index (κ1) is 15.1. The third-order valence-electron chi connectivity index (χ3n) is 2.53. The smallest absolute Gasteiger partial charge is 0.232 e. The molecule has 0 aromatic carbocycles. The zero-order chi connectivity index (χ0) is 14.0. The van der Waals surface area contributed by atoms with E-state index in [1.807, 2.05) is 20.8 Å². The lowest BCUT2D eigenvalue weighted by molar-refractivity contribution is 0.0343. The summed E-state index contributed by atoms with van der Waals surface area (Å²) in [5.41, 5.74) is -0.842. The number of aromatic nitrogens is 2. The van der Waals surface area contributed by atoms with Crippen molar-refractivity contribution in [2.45, 2.75) is 59.1 Å². The van der Waals surface area contributed by atoms with Crippen LogP contribution in [0.4, 0.5) is 0 Å². The number of hydrogen-bond donors (Lipinski definition) is 1. The van der Waals surface area contributed by atoms with E-state index in [9.17, 15) is 5.11 Å². The second-order valence-corrected chi connectivity index (χ2v) is 6.38. The van der Waals surface area contributed by atoms with Gasteiger partial charge in [0.05, 0.1) is 12.1 Å². The quantitative estimate of drug-likeness (QED) is 0.871. The van der Waals surface area contributed by atoms with Crippen LogP contribution in [-0.2, 0) is 12.0 Å². The Morgan fingerprint density at radius 1 is 1.22 bits per heavy atom. The van der Waals surface area contributed by atoms with Crippen LogP contribution in [0.25, 0.3) is 0 Å². The molecule has 0 spiro atoms. The monoisotopic (exact) mass is 255 g/mol. The molecule has 5 heteroatoms. The molecule has 0 aliphatic rings. The van der Waals surface area contributed by atoms with E-state index >= 15 is 0 Å². The average molecular weight is 255 g/mol. The Labute approximate surface area is 109 Å². The van der Waals surface area contributed by atoms with Crippen molar-refractivity contribution in [3.63, 3.8) is 0 Å². The molecule has 0 unspecified atom stereocenters. The summed E-state index contributed by atoms with van der Waals surface area (Å²) < 4.78 is 5.25. The summed E-state index contributed by atoms with van der Waals surface area (Å²) in [6, 6.07) is 0. The largest absolute Gasteiger partial charge is 0.389 e. The molecule has 0 fully saturated rings. The van der Waals surface area contributed by atoms with Crippen LogP contribution in [-0.4, -0.2) is 38.8 Å². The predicted octanol–water partition coefficient (Wildman–Crippen LogP) is 1.96. The third-order valence-corrected chi connectivity index (χ3v) is 2.53. The molecule has 0 aliphatic carbocycles. The molecule has 0 saturated heterocycles. The summed E-state index contributed by atoms with van der Waals surface area (Å²) >= 11 is 0. The molecule has 1 N–H and O–H groups in total. The van der Waals surface area contributed by atoms with Gasteiger partial charge in [0.2, 0.25) is 5.89 Å². The second kappa shape index (κ2) is 5.36. The van der Waals surface area contributed by atoms with E-state index in [1.54, 1.807) is 13.8 Å². The predicted molar refractivity (Wildman–Crippen MR) is 70.2 cm³/mol. The van der Waals surface area contributed by atoms with E-state index in [0.717, 1.165) is 6.54 Å². The van der Waals surface area contributed by atoms with Crippen molar-refractivity contribution in [2.75, 3.05) is 13.1 Å². The Morgan fingerprint density at radius 3 is 2.22 bits per heavy atom. The Hall–Kier alpha value is -0.940. The van der Waals surface area contributed by atoms with Crippen molar-refractivity contribution >= 4 is 0 Å². The first-order valence-electron chi connectivity index (χ1n) is 6.39. The molecule has 0 amide bonds. The van der Waals surface area contributed by atoms with Gasteiger partial charge in [-0.25, -0.2) is 0 Å². The van der Waals surface area contributed by atoms with Crippen LogP contribution in [0.3, 0.4) is 0 Å². The van der Waals surface area contributed by atoms with Crippen LogP contribution >= 0.6 is 0 Å². The second-order valence-electron chi connectivity index (χ2n) is 6.38. The lowest BCUT2D eigenvalue weighted by Gasteiger charge is -2.26. The average Bonchev–Trinajstić information content (AvgIpc) is 2.62. The highest BCUT2D eigenvalue weighted by atomic mass is 16.5. The van der Waals surface area contributed by atoms with Gasteiger partial charge < -0.3 is 9.63 Å². The highest BCUT2D eigenvalue weighted by molar-refractivity contribution is 4.98. The van der Waals surface area contributed by atoms with Gasteiger partial charge in [-0.3, -0.25) is 4.90 Å². The van der Waals surface area contributed by atoms with Crippen molar-refractivity contribution in [3.05, 3.63) is 11.7 Å². The highest BCUT2D eigenvalue weighted by Crippen LogP contribution is 2.20. The minimum absolute atomic E-state index is 0.126. The maximum absolute atomic E-state index is 9.83.